The Kier molecular flexibility index (Phi) is 3.47. The lowest BCUT2D eigenvalue weighted by molar-refractivity contribution is -0.150. The van der Waals surface area contributed by atoms with Gasteiger partial charge < -0.3 is 20.5 Å². The zero-order valence-corrected chi connectivity index (χ0v) is 9.52. The average molecular weight is 228 g/mol. The topological polar surface area (TPSA) is 75.8 Å². The van der Waals surface area contributed by atoms with Crippen molar-refractivity contribution in [1.82, 2.24) is 4.90 Å². The third-order valence-electron chi connectivity index (χ3n) is 3.70. The van der Waals surface area contributed by atoms with Crippen molar-refractivity contribution in [2.45, 2.75) is 12.8 Å². The van der Waals surface area contributed by atoms with E-state index in [1.54, 1.807) is 0 Å². The van der Waals surface area contributed by atoms with Gasteiger partial charge in [0.2, 0.25) is 5.91 Å². The van der Waals surface area contributed by atoms with Crippen LogP contribution in [0.4, 0.5) is 0 Å². The Hall–Kier alpha value is -0.650. The molecular formula is C11H20N2O3. The maximum absolute atomic E-state index is 11.0. The molecule has 16 heavy (non-hydrogen) atoms. The van der Waals surface area contributed by atoms with E-state index in [0.717, 1.165) is 32.5 Å². The number of likely N-dealkylation sites (tertiary alicyclic amines) is 1. The number of hydrogen-bond acceptors (Lipinski definition) is 4. The largest absolute Gasteiger partial charge is 0.396 e. The molecule has 0 unspecified atom stereocenters. The van der Waals surface area contributed by atoms with Crippen molar-refractivity contribution in [3.63, 3.8) is 0 Å². The van der Waals surface area contributed by atoms with Gasteiger partial charge in [-0.2, -0.15) is 0 Å². The van der Waals surface area contributed by atoms with Gasteiger partial charge in [0, 0.05) is 12.5 Å². The highest BCUT2D eigenvalue weighted by Crippen LogP contribution is 2.29. The predicted molar refractivity (Wildman–Crippen MR) is 58.7 cm³/mol. The van der Waals surface area contributed by atoms with E-state index in [2.05, 4.69) is 4.90 Å². The molecule has 2 aliphatic rings. The zero-order chi connectivity index (χ0) is 11.6. The molecule has 0 aromatic carbocycles. The molecule has 2 heterocycles. The number of ether oxygens (including phenoxy) is 1. The summed E-state index contributed by atoms with van der Waals surface area (Å²) in [5, 5.41) is 9.33. The number of amides is 1. The molecule has 0 bridgehead atoms. The van der Waals surface area contributed by atoms with Crippen molar-refractivity contribution >= 4 is 5.91 Å². The Balaban J connectivity index is 1.79. The van der Waals surface area contributed by atoms with Gasteiger partial charge in [-0.15, -0.1) is 0 Å². The van der Waals surface area contributed by atoms with Crippen molar-refractivity contribution in [2.75, 3.05) is 39.5 Å². The fraction of sp³-hybridized carbons (Fsp3) is 0.909. The highest BCUT2D eigenvalue weighted by atomic mass is 16.5. The van der Waals surface area contributed by atoms with Crippen molar-refractivity contribution in [1.29, 1.82) is 0 Å². The SMILES string of the molecule is NC(=O)C1CCN(CC2(CO)COC2)CC1. The molecule has 5 heteroatoms. The second-order valence-electron chi connectivity index (χ2n) is 5.10. The summed E-state index contributed by atoms with van der Waals surface area (Å²) in [6.07, 6.45) is 1.69. The van der Waals surface area contributed by atoms with Crippen LogP contribution >= 0.6 is 0 Å². The lowest BCUT2D eigenvalue weighted by Crippen LogP contribution is -2.54. The van der Waals surface area contributed by atoms with Gasteiger partial charge in [0.25, 0.3) is 0 Å². The van der Waals surface area contributed by atoms with Crippen molar-refractivity contribution in [3.05, 3.63) is 0 Å². The maximum atomic E-state index is 11.0. The maximum Gasteiger partial charge on any atom is 0.220 e. The summed E-state index contributed by atoms with van der Waals surface area (Å²) in [7, 11) is 0. The summed E-state index contributed by atoms with van der Waals surface area (Å²) in [6, 6.07) is 0. The first kappa shape index (κ1) is 11.8. The number of nitrogens with two attached hydrogens (primary N) is 1. The smallest absolute Gasteiger partial charge is 0.220 e. The molecule has 0 aliphatic carbocycles. The monoisotopic (exact) mass is 228 g/mol. The zero-order valence-electron chi connectivity index (χ0n) is 9.52. The van der Waals surface area contributed by atoms with E-state index in [1.807, 2.05) is 0 Å². The van der Waals surface area contributed by atoms with Gasteiger partial charge in [-0.05, 0) is 25.9 Å². The van der Waals surface area contributed by atoms with Gasteiger partial charge in [0.05, 0.1) is 25.2 Å². The summed E-state index contributed by atoms with van der Waals surface area (Å²) in [4.78, 5) is 13.3. The minimum Gasteiger partial charge on any atom is -0.396 e. The van der Waals surface area contributed by atoms with E-state index in [0.29, 0.717) is 13.2 Å². The van der Waals surface area contributed by atoms with Crippen LogP contribution in [0.15, 0.2) is 0 Å². The van der Waals surface area contributed by atoms with Crippen LogP contribution in [0.2, 0.25) is 0 Å². The number of nitrogens with zero attached hydrogens (tertiary/aromatic N) is 1. The fourth-order valence-corrected chi connectivity index (χ4v) is 2.47. The van der Waals surface area contributed by atoms with E-state index in [-0.39, 0.29) is 23.8 Å². The molecule has 5 nitrogen and oxygen atoms in total. The van der Waals surface area contributed by atoms with Crippen LogP contribution in [0.3, 0.4) is 0 Å². The Morgan fingerprint density at radius 1 is 1.44 bits per heavy atom. The number of carbonyl (C=O) groups is 1. The minimum atomic E-state index is -0.177. The van der Waals surface area contributed by atoms with Gasteiger partial charge in [-0.1, -0.05) is 0 Å². The lowest BCUT2D eigenvalue weighted by atomic mass is 9.85. The van der Waals surface area contributed by atoms with Crippen LogP contribution in [0.5, 0.6) is 0 Å². The number of rotatable bonds is 4. The first-order chi connectivity index (χ1) is 7.65. The molecule has 0 aromatic rings. The molecule has 2 rings (SSSR count). The Morgan fingerprint density at radius 2 is 2.06 bits per heavy atom. The highest BCUT2D eigenvalue weighted by Gasteiger charge is 2.40. The van der Waals surface area contributed by atoms with Crippen LogP contribution in [-0.2, 0) is 9.53 Å². The van der Waals surface area contributed by atoms with Crippen LogP contribution in [0.1, 0.15) is 12.8 Å². The third-order valence-corrected chi connectivity index (χ3v) is 3.70. The average Bonchev–Trinajstić information content (AvgIpc) is 2.24. The number of primary amides is 1. The van der Waals surface area contributed by atoms with Crippen molar-refractivity contribution in [3.8, 4) is 0 Å². The number of carbonyl (C=O) groups excluding carboxylic acids is 1. The van der Waals surface area contributed by atoms with Crippen molar-refractivity contribution < 1.29 is 14.6 Å². The van der Waals surface area contributed by atoms with Gasteiger partial charge in [-0.25, -0.2) is 0 Å². The minimum absolute atomic E-state index is 0.0407. The van der Waals surface area contributed by atoms with Crippen LogP contribution in [0.25, 0.3) is 0 Å². The molecule has 2 fully saturated rings. The first-order valence-electron chi connectivity index (χ1n) is 5.85. The Bertz CT molecular complexity index is 252. The van der Waals surface area contributed by atoms with E-state index < -0.39 is 0 Å². The second-order valence-corrected chi connectivity index (χ2v) is 5.10. The second kappa shape index (κ2) is 4.69. The van der Waals surface area contributed by atoms with E-state index in [4.69, 9.17) is 10.5 Å². The summed E-state index contributed by atoms with van der Waals surface area (Å²) in [5.41, 5.74) is 5.23. The Labute approximate surface area is 95.5 Å². The summed E-state index contributed by atoms with van der Waals surface area (Å²) in [6.45, 7) is 4.15. The summed E-state index contributed by atoms with van der Waals surface area (Å²) < 4.78 is 5.17. The van der Waals surface area contributed by atoms with E-state index in [9.17, 15) is 9.90 Å². The van der Waals surface area contributed by atoms with Crippen LogP contribution in [-0.4, -0.2) is 55.4 Å². The fourth-order valence-electron chi connectivity index (χ4n) is 2.47. The molecule has 0 radical (unpaired) electrons. The van der Waals surface area contributed by atoms with Gasteiger partial charge >= 0.3 is 0 Å². The molecule has 2 aliphatic heterocycles. The standard InChI is InChI=1S/C11H20N2O3/c12-10(15)9-1-3-13(4-2-9)5-11(6-14)7-16-8-11/h9,14H,1-8H2,(H2,12,15). The Morgan fingerprint density at radius 3 is 2.44 bits per heavy atom. The molecular weight excluding hydrogens is 208 g/mol. The molecule has 3 N–H and O–H groups in total. The predicted octanol–water partition coefficient (Wildman–Crippen LogP) is -0.807. The first-order valence-corrected chi connectivity index (χ1v) is 5.85. The molecule has 92 valence electrons. The molecule has 1 amide bonds. The third kappa shape index (κ3) is 2.36. The number of aliphatic hydroxyl groups excluding tert-OH is 1. The molecule has 0 aromatic heterocycles. The number of piperidine rings is 1. The van der Waals surface area contributed by atoms with Gasteiger partial charge in [-0.3, -0.25) is 4.79 Å². The molecule has 0 saturated carbocycles. The summed E-state index contributed by atoms with van der Waals surface area (Å²) in [5.74, 6) is -0.137. The highest BCUT2D eigenvalue weighted by molar-refractivity contribution is 5.76. The molecule has 0 spiro atoms. The van der Waals surface area contributed by atoms with Crippen LogP contribution < -0.4 is 5.73 Å². The number of aliphatic hydroxyl groups is 1. The molecule has 2 saturated heterocycles. The molecule has 0 atom stereocenters. The normalized spacial score (nSPS) is 26.3. The van der Waals surface area contributed by atoms with E-state index in [1.165, 1.54) is 0 Å². The van der Waals surface area contributed by atoms with Gasteiger partial charge in [0.15, 0.2) is 0 Å². The number of hydrogen-bond donors (Lipinski definition) is 2. The van der Waals surface area contributed by atoms with E-state index >= 15 is 0 Å². The van der Waals surface area contributed by atoms with Crippen LogP contribution in [0, 0.1) is 11.3 Å². The summed E-state index contributed by atoms with van der Waals surface area (Å²) >= 11 is 0. The lowest BCUT2D eigenvalue weighted by Gasteiger charge is -2.44. The quantitative estimate of drug-likeness (QED) is 0.660. The van der Waals surface area contributed by atoms with Crippen molar-refractivity contribution in [2.24, 2.45) is 17.1 Å². The van der Waals surface area contributed by atoms with Gasteiger partial charge in [0.1, 0.15) is 0 Å².